The van der Waals surface area contributed by atoms with E-state index in [0.29, 0.717) is 11.1 Å². The van der Waals surface area contributed by atoms with Crippen LogP contribution in [-0.2, 0) is 21.5 Å². The van der Waals surface area contributed by atoms with Crippen molar-refractivity contribution in [2.24, 2.45) is 0 Å². The standard InChI is InChI=1S/C25H20N2O7S2/c1-16-4-3-5-19(12-16)15-26-24(28)23(35-25(26)29)13-18-7-9-20(10-8-18)34-36(32,33)21-11-6-17(2)22(14-21)27(30)31/h3-14H,15H2,1-2H3/b23-13-. The zero-order valence-electron chi connectivity index (χ0n) is 19.2. The van der Waals surface area contributed by atoms with Gasteiger partial charge in [0, 0.05) is 11.6 Å². The molecule has 1 heterocycles. The van der Waals surface area contributed by atoms with Crippen LogP contribution in [-0.4, -0.2) is 29.4 Å². The summed E-state index contributed by atoms with van der Waals surface area (Å²) >= 11 is 0.833. The van der Waals surface area contributed by atoms with Crippen molar-refractivity contribution in [3.8, 4) is 5.75 Å². The molecule has 1 aliphatic heterocycles. The lowest BCUT2D eigenvalue weighted by molar-refractivity contribution is -0.385. The van der Waals surface area contributed by atoms with Crippen LogP contribution >= 0.6 is 11.8 Å². The Morgan fingerprint density at radius 1 is 1.03 bits per heavy atom. The number of thioether (sulfide) groups is 1. The number of rotatable bonds is 7. The molecule has 3 aromatic rings. The molecule has 1 fully saturated rings. The summed E-state index contributed by atoms with van der Waals surface area (Å²) in [5.41, 5.74) is 2.44. The molecule has 11 heteroatoms. The summed E-state index contributed by atoms with van der Waals surface area (Å²) in [6.07, 6.45) is 1.54. The Hall–Kier alpha value is -3.96. The highest BCUT2D eigenvalue weighted by atomic mass is 32.2. The molecule has 0 saturated carbocycles. The molecule has 9 nitrogen and oxygen atoms in total. The van der Waals surface area contributed by atoms with Gasteiger partial charge in [-0.1, -0.05) is 48.0 Å². The van der Waals surface area contributed by atoms with Crippen LogP contribution in [0.5, 0.6) is 5.75 Å². The van der Waals surface area contributed by atoms with Crippen molar-refractivity contribution in [2.45, 2.75) is 25.3 Å². The van der Waals surface area contributed by atoms with Gasteiger partial charge >= 0.3 is 10.1 Å². The number of carbonyl (C=O) groups excluding carboxylic acids is 2. The molecule has 36 heavy (non-hydrogen) atoms. The summed E-state index contributed by atoms with van der Waals surface area (Å²) in [6.45, 7) is 3.61. The minimum Gasteiger partial charge on any atom is -0.379 e. The fourth-order valence-electron chi connectivity index (χ4n) is 3.52. The zero-order valence-corrected chi connectivity index (χ0v) is 20.8. The van der Waals surface area contributed by atoms with Crippen LogP contribution < -0.4 is 4.18 Å². The van der Waals surface area contributed by atoms with Gasteiger partial charge in [0.15, 0.2) is 0 Å². The first-order valence-electron chi connectivity index (χ1n) is 10.6. The Bertz CT molecular complexity index is 1510. The number of carbonyl (C=O) groups is 2. The average molecular weight is 525 g/mol. The highest BCUT2D eigenvalue weighted by Crippen LogP contribution is 2.34. The van der Waals surface area contributed by atoms with E-state index in [4.69, 9.17) is 4.18 Å². The van der Waals surface area contributed by atoms with Gasteiger partial charge in [-0.05, 0) is 61.0 Å². The van der Waals surface area contributed by atoms with E-state index in [-0.39, 0.29) is 33.0 Å². The molecule has 0 atom stereocenters. The lowest BCUT2D eigenvalue weighted by Gasteiger charge is -2.12. The van der Waals surface area contributed by atoms with E-state index >= 15 is 0 Å². The highest BCUT2D eigenvalue weighted by molar-refractivity contribution is 8.18. The first-order chi connectivity index (χ1) is 17.0. The Labute approximate surface area is 211 Å². The maximum atomic E-state index is 12.8. The number of hydrogen-bond acceptors (Lipinski definition) is 8. The fraction of sp³-hybridized carbons (Fsp3) is 0.120. The summed E-state index contributed by atoms with van der Waals surface area (Å²) in [5, 5.41) is 10.8. The topological polar surface area (TPSA) is 124 Å². The Morgan fingerprint density at radius 2 is 1.75 bits per heavy atom. The largest absolute Gasteiger partial charge is 0.379 e. The van der Waals surface area contributed by atoms with Gasteiger partial charge in [-0.2, -0.15) is 8.42 Å². The lowest BCUT2D eigenvalue weighted by atomic mass is 10.1. The highest BCUT2D eigenvalue weighted by Gasteiger charge is 2.35. The predicted octanol–water partition coefficient (Wildman–Crippen LogP) is 5.22. The minimum atomic E-state index is -4.31. The second kappa shape index (κ2) is 9.96. The Balaban J connectivity index is 1.48. The van der Waals surface area contributed by atoms with E-state index in [1.54, 1.807) is 6.08 Å². The summed E-state index contributed by atoms with van der Waals surface area (Å²) in [4.78, 5) is 36.7. The first-order valence-corrected chi connectivity index (χ1v) is 12.9. The van der Waals surface area contributed by atoms with Gasteiger partial charge in [-0.15, -0.1) is 0 Å². The quantitative estimate of drug-likeness (QED) is 0.178. The van der Waals surface area contributed by atoms with Crippen LogP contribution in [0.25, 0.3) is 6.08 Å². The van der Waals surface area contributed by atoms with Gasteiger partial charge in [0.05, 0.1) is 16.4 Å². The molecule has 0 unspecified atom stereocenters. The smallest absolute Gasteiger partial charge is 0.339 e. The third-order valence-corrected chi connectivity index (χ3v) is 7.50. The molecular formula is C25H20N2O7S2. The molecule has 184 valence electrons. The molecule has 0 bridgehead atoms. The predicted molar refractivity (Wildman–Crippen MR) is 135 cm³/mol. The minimum absolute atomic E-state index is 0.0112. The molecule has 1 saturated heterocycles. The second-order valence-electron chi connectivity index (χ2n) is 8.07. The summed E-state index contributed by atoms with van der Waals surface area (Å²) in [6, 6.07) is 16.9. The molecule has 3 aromatic carbocycles. The van der Waals surface area contributed by atoms with Crippen molar-refractivity contribution in [3.05, 3.63) is 104 Å². The van der Waals surface area contributed by atoms with Crippen LogP contribution in [0.4, 0.5) is 10.5 Å². The number of nitro benzene ring substituents is 1. The summed E-state index contributed by atoms with van der Waals surface area (Å²) in [7, 11) is -4.31. The van der Waals surface area contributed by atoms with E-state index in [0.717, 1.165) is 29.0 Å². The molecule has 4 rings (SSSR count). The molecule has 2 amide bonds. The number of amides is 2. The third kappa shape index (κ3) is 5.47. The fourth-order valence-corrected chi connectivity index (χ4v) is 5.31. The number of nitro groups is 1. The normalized spacial score (nSPS) is 14.9. The third-order valence-electron chi connectivity index (χ3n) is 5.35. The van der Waals surface area contributed by atoms with Crippen molar-refractivity contribution >= 4 is 44.8 Å². The van der Waals surface area contributed by atoms with Gasteiger partial charge in [0.2, 0.25) is 0 Å². The second-order valence-corrected chi connectivity index (χ2v) is 10.6. The van der Waals surface area contributed by atoms with Crippen LogP contribution in [0.3, 0.4) is 0 Å². The zero-order chi connectivity index (χ0) is 26.0. The maximum Gasteiger partial charge on any atom is 0.339 e. The van der Waals surface area contributed by atoms with Gasteiger partial charge in [-0.25, -0.2) is 0 Å². The first kappa shape index (κ1) is 25.1. The van der Waals surface area contributed by atoms with Crippen LogP contribution in [0.1, 0.15) is 22.3 Å². The van der Waals surface area contributed by atoms with E-state index in [1.165, 1.54) is 48.2 Å². The van der Waals surface area contributed by atoms with Gasteiger partial charge in [0.1, 0.15) is 10.6 Å². The molecule has 0 N–H and O–H groups in total. The molecule has 1 aliphatic rings. The lowest BCUT2D eigenvalue weighted by Crippen LogP contribution is -2.27. The summed E-state index contributed by atoms with van der Waals surface area (Å²) in [5.74, 6) is -0.418. The number of hydrogen-bond donors (Lipinski definition) is 0. The molecule has 0 radical (unpaired) electrons. The van der Waals surface area contributed by atoms with Crippen LogP contribution in [0, 0.1) is 24.0 Å². The number of imide groups is 1. The summed E-state index contributed by atoms with van der Waals surface area (Å²) < 4.78 is 30.3. The van der Waals surface area contributed by atoms with Crippen molar-refractivity contribution in [2.75, 3.05) is 0 Å². The van der Waals surface area contributed by atoms with E-state index in [2.05, 4.69) is 0 Å². The molecule has 0 aliphatic carbocycles. The van der Waals surface area contributed by atoms with Gasteiger partial charge < -0.3 is 4.18 Å². The Kier molecular flexibility index (Phi) is 6.95. The number of benzene rings is 3. The number of aryl methyl sites for hydroxylation is 2. The molecule has 0 aromatic heterocycles. The van der Waals surface area contributed by atoms with E-state index < -0.39 is 20.9 Å². The Morgan fingerprint density at radius 3 is 2.42 bits per heavy atom. The van der Waals surface area contributed by atoms with Crippen molar-refractivity contribution in [3.63, 3.8) is 0 Å². The number of nitrogens with zero attached hydrogens (tertiary/aromatic N) is 2. The molecular weight excluding hydrogens is 504 g/mol. The van der Waals surface area contributed by atoms with Gasteiger partial charge in [-0.3, -0.25) is 24.6 Å². The van der Waals surface area contributed by atoms with E-state index in [1.807, 2.05) is 31.2 Å². The van der Waals surface area contributed by atoms with E-state index in [9.17, 15) is 28.1 Å². The molecule has 0 spiro atoms. The van der Waals surface area contributed by atoms with Crippen LogP contribution in [0.2, 0.25) is 0 Å². The van der Waals surface area contributed by atoms with Crippen molar-refractivity contribution in [1.82, 2.24) is 4.90 Å². The van der Waals surface area contributed by atoms with Gasteiger partial charge in [0.25, 0.3) is 16.8 Å². The van der Waals surface area contributed by atoms with Crippen molar-refractivity contribution < 1.29 is 27.1 Å². The SMILES string of the molecule is Cc1cccc(CN2C(=O)S/C(=C\c3ccc(OS(=O)(=O)c4ccc(C)c([N+](=O)[O-])c4)cc3)C2=O)c1. The average Bonchev–Trinajstić information content (AvgIpc) is 3.07. The van der Waals surface area contributed by atoms with Crippen LogP contribution in [0.15, 0.2) is 76.5 Å². The monoisotopic (exact) mass is 524 g/mol. The van der Waals surface area contributed by atoms with Crippen molar-refractivity contribution in [1.29, 1.82) is 0 Å². The maximum absolute atomic E-state index is 12.8.